The molecule has 0 N–H and O–H groups in total. The van der Waals surface area contributed by atoms with Crippen molar-refractivity contribution < 1.29 is 0 Å². The van der Waals surface area contributed by atoms with E-state index in [4.69, 9.17) is 0 Å². The van der Waals surface area contributed by atoms with E-state index in [-0.39, 0.29) is 0 Å². The Morgan fingerprint density at radius 3 is 2.55 bits per heavy atom. The van der Waals surface area contributed by atoms with Crippen LogP contribution >= 0.6 is 0 Å². The Hall–Kier alpha value is -0.520. The highest BCUT2D eigenvalue weighted by molar-refractivity contribution is 5.10. The molecule has 0 aromatic heterocycles. The van der Waals surface area contributed by atoms with Crippen molar-refractivity contribution in [2.24, 2.45) is 11.8 Å². The Morgan fingerprint density at radius 2 is 2.18 bits per heavy atom. The summed E-state index contributed by atoms with van der Waals surface area (Å²) >= 11 is 0. The molecule has 0 saturated carbocycles. The zero-order valence-electron chi connectivity index (χ0n) is 7.64. The summed E-state index contributed by atoms with van der Waals surface area (Å²) in [5, 5.41) is 0. The van der Waals surface area contributed by atoms with Crippen LogP contribution in [-0.4, -0.2) is 0 Å². The van der Waals surface area contributed by atoms with E-state index in [9.17, 15) is 0 Å². The molecule has 1 rings (SSSR count). The van der Waals surface area contributed by atoms with E-state index >= 15 is 0 Å². The lowest BCUT2D eigenvalue weighted by Gasteiger charge is -2.21. The van der Waals surface area contributed by atoms with Crippen LogP contribution < -0.4 is 0 Å². The molecule has 11 heavy (non-hydrogen) atoms. The van der Waals surface area contributed by atoms with Gasteiger partial charge in [0.15, 0.2) is 0 Å². The first-order chi connectivity index (χ1) is 5.24. The molecule has 0 saturated heterocycles. The summed E-state index contributed by atoms with van der Waals surface area (Å²) in [6.07, 6.45) is 8.65. The van der Waals surface area contributed by atoms with Crippen LogP contribution in [0.5, 0.6) is 0 Å². The molecule has 1 aliphatic carbocycles. The van der Waals surface area contributed by atoms with Gasteiger partial charge in [-0.25, -0.2) is 0 Å². The number of allylic oxidation sites excluding steroid dienone is 3. The Kier molecular flexibility index (Phi) is 2.92. The Balaban J connectivity index is 2.49. The topological polar surface area (TPSA) is 0 Å². The van der Waals surface area contributed by atoms with Crippen molar-refractivity contribution in [3.8, 4) is 0 Å². The summed E-state index contributed by atoms with van der Waals surface area (Å²) in [7, 11) is 0. The number of hydrogen-bond donors (Lipinski definition) is 0. The van der Waals surface area contributed by atoms with E-state index in [0.29, 0.717) is 5.92 Å². The predicted octanol–water partition coefficient (Wildman–Crippen LogP) is 3.55. The minimum Gasteiger partial charge on any atom is -0.0995 e. The highest BCUT2D eigenvalue weighted by Crippen LogP contribution is 2.27. The van der Waals surface area contributed by atoms with E-state index in [1.54, 1.807) is 0 Å². The van der Waals surface area contributed by atoms with Crippen molar-refractivity contribution in [2.45, 2.75) is 33.1 Å². The summed E-state index contributed by atoms with van der Waals surface area (Å²) in [4.78, 5) is 0. The van der Waals surface area contributed by atoms with Crippen molar-refractivity contribution in [2.75, 3.05) is 0 Å². The molecule has 1 aliphatic rings. The molecular formula is C11H18. The van der Waals surface area contributed by atoms with Gasteiger partial charge in [0.05, 0.1) is 0 Å². The zero-order valence-corrected chi connectivity index (χ0v) is 7.64. The molecule has 62 valence electrons. The fraction of sp³-hybridized carbons (Fsp3) is 0.636. The van der Waals surface area contributed by atoms with Gasteiger partial charge in [0, 0.05) is 0 Å². The van der Waals surface area contributed by atoms with Crippen molar-refractivity contribution in [3.05, 3.63) is 24.3 Å². The summed E-state index contributed by atoms with van der Waals surface area (Å²) in [5.41, 5.74) is 1.32. The quantitative estimate of drug-likeness (QED) is 0.528. The first kappa shape index (κ1) is 8.58. The third-order valence-electron chi connectivity index (χ3n) is 2.62. The Labute approximate surface area is 70.0 Å². The molecule has 0 aliphatic heterocycles. The van der Waals surface area contributed by atoms with Gasteiger partial charge in [0.1, 0.15) is 0 Å². The lowest BCUT2D eigenvalue weighted by Crippen LogP contribution is -2.08. The second-order valence-electron chi connectivity index (χ2n) is 3.58. The van der Waals surface area contributed by atoms with E-state index in [1.807, 2.05) is 0 Å². The van der Waals surface area contributed by atoms with Crippen molar-refractivity contribution >= 4 is 0 Å². The van der Waals surface area contributed by atoms with E-state index < -0.39 is 0 Å². The summed E-state index contributed by atoms with van der Waals surface area (Å²) in [5.74, 6) is 1.50. The molecule has 0 bridgehead atoms. The first-order valence-electron chi connectivity index (χ1n) is 4.57. The van der Waals surface area contributed by atoms with Crippen LogP contribution in [0, 0.1) is 11.8 Å². The van der Waals surface area contributed by atoms with E-state index in [0.717, 1.165) is 5.92 Å². The van der Waals surface area contributed by atoms with Crippen molar-refractivity contribution in [3.63, 3.8) is 0 Å². The van der Waals surface area contributed by atoms with Crippen LogP contribution in [0.15, 0.2) is 24.3 Å². The molecule has 0 aromatic carbocycles. The maximum atomic E-state index is 3.98. The fourth-order valence-electron chi connectivity index (χ4n) is 1.63. The van der Waals surface area contributed by atoms with Gasteiger partial charge in [-0.05, 0) is 38.0 Å². The molecule has 0 unspecified atom stereocenters. The van der Waals surface area contributed by atoms with Gasteiger partial charge >= 0.3 is 0 Å². The molecule has 0 amide bonds. The van der Waals surface area contributed by atoms with Crippen LogP contribution in [0.25, 0.3) is 0 Å². The number of rotatable bonds is 2. The van der Waals surface area contributed by atoms with Crippen molar-refractivity contribution in [1.82, 2.24) is 0 Å². The zero-order chi connectivity index (χ0) is 8.27. The average Bonchev–Trinajstić information content (AvgIpc) is 2.05. The molecule has 0 radical (unpaired) electrons. The van der Waals surface area contributed by atoms with Gasteiger partial charge in [0.25, 0.3) is 0 Å². The summed E-state index contributed by atoms with van der Waals surface area (Å²) in [6, 6.07) is 0. The minimum absolute atomic E-state index is 0.665. The SMILES string of the molecule is C=C(C)[C@H]1C=C[C@H](CC)CC1. The normalized spacial score (nSPS) is 30.4. The van der Waals surface area contributed by atoms with E-state index in [2.05, 4.69) is 32.6 Å². The highest BCUT2D eigenvalue weighted by atomic mass is 14.2. The molecule has 0 heterocycles. The largest absolute Gasteiger partial charge is 0.0995 e. The predicted molar refractivity (Wildman–Crippen MR) is 50.5 cm³/mol. The lowest BCUT2D eigenvalue weighted by molar-refractivity contribution is 0.478. The van der Waals surface area contributed by atoms with Gasteiger partial charge in [0.2, 0.25) is 0 Å². The van der Waals surface area contributed by atoms with Crippen LogP contribution in [0.4, 0.5) is 0 Å². The highest BCUT2D eigenvalue weighted by Gasteiger charge is 2.13. The summed E-state index contributed by atoms with van der Waals surface area (Å²) < 4.78 is 0. The first-order valence-corrected chi connectivity index (χ1v) is 4.57. The summed E-state index contributed by atoms with van der Waals surface area (Å²) in [6.45, 7) is 8.36. The molecule has 0 nitrogen and oxygen atoms in total. The monoisotopic (exact) mass is 150 g/mol. The van der Waals surface area contributed by atoms with Crippen molar-refractivity contribution in [1.29, 1.82) is 0 Å². The maximum absolute atomic E-state index is 3.98. The van der Waals surface area contributed by atoms with Gasteiger partial charge in [-0.2, -0.15) is 0 Å². The smallest absolute Gasteiger partial charge is 0.00284 e. The van der Waals surface area contributed by atoms with Gasteiger partial charge in [-0.15, -0.1) is 0 Å². The lowest BCUT2D eigenvalue weighted by atomic mass is 9.84. The van der Waals surface area contributed by atoms with Crippen LogP contribution in [-0.2, 0) is 0 Å². The average molecular weight is 150 g/mol. The molecule has 2 atom stereocenters. The molecule has 0 spiro atoms. The fourth-order valence-corrected chi connectivity index (χ4v) is 1.63. The van der Waals surface area contributed by atoms with Crippen LogP contribution in [0.1, 0.15) is 33.1 Å². The van der Waals surface area contributed by atoms with Gasteiger partial charge in [-0.3, -0.25) is 0 Å². The second-order valence-corrected chi connectivity index (χ2v) is 3.58. The molecular weight excluding hydrogens is 132 g/mol. The third-order valence-corrected chi connectivity index (χ3v) is 2.62. The minimum atomic E-state index is 0.665. The molecule has 0 aromatic rings. The van der Waals surface area contributed by atoms with E-state index in [1.165, 1.54) is 24.8 Å². The maximum Gasteiger partial charge on any atom is -0.00284 e. The Bertz CT molecular complexity index is 165. The number of hydrogen-bond acceptors (Lipinski definition) is 0. The van der Waals surface area contributed by atoms with Gasteiger partial charge in [-0.1, -0.05) is 31.2 Å². The molecule has 0 fully saturated rings. The van der Waals surface area contributed by atoms with Crippen LogP contribution in [0.2, 0.25) is 0 Å². The second kappa shape index (κ2) is 3.75. The van der Waals surface area contributed by atoms with Crippen LogP contribution in [0.3, 0.4) is 0 Å². The molecule has 0 heteroatoms. The third kappa shape index (κ3) is 2.21. The van der Waals surface area contributed by atoms with Gasteiger partial charge < -0.3 is 0 Å². The Morgan fingerprint density at radius 1 is 1.45 bits per heavy atom. The standard InChI is InChI=1S/C11H18/c1-4-10-5-7-11(8-6-10)9(2)3/h5,7,10-11H,2,4,6,8H2,1,3H3/t10-,11-/m0/s1.